The van der Waals surface area contributed by atoms with Crippen molar-refractivity contribution in [1.82, 2.24) is 0 Å². The van der Waals surface area contributed by atoms with Crippen molar-refractivity contribution in [1.29, 1.82) is 0 Å². The van der Waals surface area contributed by atoms with E-state index in [1.54, 1.807) is 6.92 Å². The minimum Gasteiger partial charge on any atom is -0.120 e. The fourth-order valence-corrected chi connectivity index (χ4v) is 3.31. The standard InChI is InChI=1S/C15H16.C11H10.C3H4/c1-4-7-14-12(3)11(2)10-13-8-5-6-9-15(13)14;1-9-6-7-10-4-2-3-5-11(10)8-9;1-3-2/h4-10H,1-3H3;2-8H,1H3;1H,2H3/b7-4-;;. The molecule has 0 saturated heterocycles. The van der Waals surface area contributed by atoms with Gasteiger partial charge >= 0.3 is 0 Å². The third-order valence-corrected chi connectivity index (χ3v) is 4.86. The molecule has 0 aliphatic rings. The van der Waals surface area contributed by atoms with Crippen LogP contribution in [0.3, 0.4) is 0 Å². The summed E-state index contributed by atoms with van der Waals surface area (Å²) in [5.74, 6) is 2.25. The summed E-state index contributed by atoms with van der Waals surface area (Å²) in [6.45, 7) is 10.2. The molecular formula is C29H30. The van der Waals surface area contributed by atoms with E-state index < -0.39 is 0 Å². The molecule has 0 N–H and O–H groups in total. The average molecular weight is 379 g/mol. The van der Waals surface area contributed by atoms with E-state index in [0.29, 0.717) is 0 Å². The van der Waals surface area contributed by atoms with Gasteiger partial charge in [-0.15, -0.1) is 12.3 Å². The van der Waals surface area contributed by atoms with Crippen molar-refractivity contribution < 1.29 is 0 Å². The van der Waals surface area contributed by atoms with Gasteiger partial charge in [0.25, 0.3) is 0 Å². The SMILES string of the molecule is C#CC.C/C=C\c1c(C)c(C)cc2ccccc12.Cc1ccc2ccccc2c1. The van der Waals surface area contributed by atoms with Gasteiger partial charge in [0, 0.05) is 0 Å². The molecule has 0 fully saturated rings. The number of fused-ring (bicyclic) bond motifs is 2. The lowest BCUT2D eigenvalue weighted by atomic mass is 9.95. The molecule has 0 aromatic heterocycles. The van der Waals surface area contributed by atoms with Crippen LogP contribution >= 0.6 is 0 Å². The fraction of sp³-hybridized carbons (Fsp3) is 0.172. The van der Waals surface area contributed by atoms with Crippen molar-refractivity contribution >= 4 is 27.6 Å². The third kappa shape index (κ3) is 5.84. The Morgan fingerprint density at radius 1 is 0.759 bits per heavy atom. The zero-order valence-corrected chi connectivity index (χ0v) is 18.2. The minimum atomic E-state index is 1.32. The molecule has 29 heavy (non-hydrogen) atoms. The first kappa shape index (κ1) is 22.0. The second-order valence-electron chi connectivity index (χ2n) is 7.09. The normalized spacial score (nSPS) is 10.1. The van der Waals surface area contributed by atoms with Crippen LogP contribution in [0.5, 0.6) is 0 Å². The van der Waals surface area contributed by atoms with E-state index in [9.17, 15) is 0 Å². The van der Waals surface area contributed by atoms with Crippen LogP contribution in [0, 0.1) is 33.1 Å². The van der Waals surface area contributed by atoms with Crippen LogP contribution in [0.25, 0.3) is 27.6 Å². The lowest BCUT2D eigenvalue weighted by Crippen LogP contribution is -1.88. The number of hydrogen-bond donors (Lipinski definition) is 0. The molecule has 0 aliphatic carbocycles. The molecular weight excluding hydrogens is 348 g/mol. The summed E-state index contributed by atoms with van der Waals surface area (Å²) in [6, 6.07) is 25.7. The van der Waals surface area contributed by atoms with Crippen LogP contribution < -0.4 is 0 Å². The number of aryl methyl sites for hydroxylation is 2. The Balaban J connectivity index is 0.000000189. The summed E-state index contributed by atoms with van der Waals surface area (Å²) >= 11 is 0. The van der Waals surface area contributed by atoms with E-state index in [-0.39, 0.29) is 0 Å². The lowest BCUT2D eigenvalue weighted by Gasteiger charge is -2.09. The smallest absolute Gasteiger partial charge is 0.00297 e. The second-order valence-corrected chi connectivity index (χ2v) is 7.09. The molecule has 0 nitrogen and oxygen atoms in total. The van der Waals surface area contributed by atoms with Crippen molar-refractivity contribution in [3.8, 4) is 12.3 Å². The number of hydrogen-bond acceptors (Lipinski definition) is 0. The van der Waals surface area contributed by atoms with Gasteiger partial charge in [0.05, 0.1) is 0 Å². The van der Waals surface area contributed by atoms with E-state index in [4.69, 9.17) is 0 Å². The topological polar surface area (TPSA) is 0 Å². The maximum atomic E-state index is 4.60. The Labute approximate surface area is 175 Å². The summed E-state index contributed by atoms with van der Waals surface area (Å²) in [5.41, 5.74) is 5.42. The van der Waals surface area contributed by atoms with E-state index in [1.165, 1.54) is 43.8 Å². The van der Waals surface area contributed by atoms with Gasteiger partial charge in [-0.25, -0.2) is 0 Å². The third-order valence-electron chi connectivity index (χ3n) is 4.86. The van der Waals surface area contributed by atoms with Crippen molar-refractivity contribution in [2.24, 2.45) is 0 Å². The van der Waals surface area contributed by atoms with Gasteiger partial charge in [-0.2, -0.15) is 0 Å². The number of benzene rings is 4. The Bertz CT molecular complexity index is 1150. The van der Waals surface area contributed by atoms with Crippen LogP contribution in [0.4, 0.5) is 0 Å². The maximum Gasteiger partial charge on any atom is -0.00297 e. The molecule has 0 heteroatoms. The highest BCUT2D eigenvalue weighted by molar-refractivity contribution is 5.92. The maximum absolute atomic E-state index is 4.60. The predicted molar refractivity (Wildman–Crippen MR) is 131 cm³/mol. The summed E-state index contributed by atoms with van der Waals surface area (Å²) in [6.07, 6.45) is 8.90. The summed E-state index contributed by atoms with van der Waals surface area (Å²) in [4.78, 5) is 0. The molecule has 0 heterocycles. The van der Waals surface area contributed by atoms with Crippen molar-refractivity contribution in [3.63, 3.8) is 0 Å². The molecule has 4 aromatic carbocycles. The summed E-state index contributed by atoms with van der Waals surface area (Å²) in [7, 11) is 0. The summed E-state index contributed by atoms with van der Waals surface area (Å²) < 4.78 is 0. The summed E-state index contributed by atoms with van der Waals surface area (Å²) in [5, 5.41) is 5.32. The van der Waals surface area contributed by atoms with Gasteiger partial charge in [-0.3, -0.25) is 0 Å². The number of terminal acetylenes is 1. The van der Waals surface area contributed by atoms with E-state index in [0.717, 1.165) is 0 Å². The Hall–Kier alpha value is -3.30. The fourth-order valence-electron chi connectivity index (χ4n) is 3.31. The van der Waals surface area contributed by atoms with Crippen LogP contribution in [-0.2, 0) is 0 Å². The van der Waals surface area contributed by atoms with E-state index >= 15 is 0 Å². The Morgan fingerprint density at radius 3 is 2.00 bits per heavy atom. The zero-order chi connectivity index (χ0) is 21.2. The number of allylic oxidation sites excluding steroid dienone is 1. The van der Waals surface area contributed by atoms with Crippen LogP contribution in [0.1, 0.15) is 36.1 Å². The molecule has 0 atom stereocenters. The van der Waals surface area contributed by atoms with Gasteiger partial charge < -0.3 is 0 Å². The largest absolute Gasteiger partial charge is 0.120 e. The van der Waals surface area contributed by atoms with Gasteiger partial charge in [0.2, 0.25) is 0 Å². The van der Waals surface area contributed by atoms with Gasteiger partial charge in [-0.05, 0) is 72.9 Å². The van der Waals surface area contributed by atoms with Gasteiger partial charge in [0.15, 0.2) is 0 Å². The van der Waals surface area contributed by atoms with Crippen molar-refractivity contribution in [2.75, 3.05) is 0 Å². The molecule has 4 aromatic rings. The van der Waals surface area contributed by atoms with Gasteiger partial charge in [-0.1, -0.05) is 90.5 Å². The van der Waals surface area contributed by atoms with E-state index in [2.05, 4.69) is 125 Å². The molecule has 0 aliphatic heterocycles. The van der Waals surface area contributed by atoms with Crippen molar-refractivity contribution in [3.05, 3.63) is 101 Å². The zero-order valence-electron chi connectivity index (χ0n) is 18.2. The molecule has 0 saturated carbocycles. The first-order chi connectivity index (χ1) is 14.0. The highest BCUT2D eigenvalue weighted by Crippen LogP contribution is 2.26. The monoisotopic (exact) mass is 378 g/mol. The molecule has 0 radical (unpaired) electrons. The van der Waals surface area contributed by atoms with Crippen LogP contribution in [-0.4, -0.2) is 0 Å². The first-order valence-electron chi connectivity index (χ1n) is 9.96. The molecule has 0 bridgehead atoms. The molecule has 146 valence electrons. The lowest BCUT2D eigenvalue weighted by molar-refractivity contribution is 1.35. The van der Waals surface area contributed by atoms with Crippen LogP contribution in [0.2, 0.25) is 0 Å². The molecule has 0 spiro atoms. The first-order valence-corrected chi connectivity index (χ1v) is 9.96. The number of rotatable bonds is 1. The highest BCUT2D eigenvalue weighted by Gasteiger charge is 2.04. The molecule has 0 amide bonds. The second kappa shape index (κ2) is 10.9. The average Bonchev–Trinajstić information content (AvgIpc) is 2.72. The Kier molecular flexibility index (Phi) is 8.26. The molecule has 0 unspecified atom stereocenters. The van der Waals surface area contributed by atoms with Crippen molar-refractivity contribution in [2.45, 2.75) is 34.6 Å². The minimum absolute atomic E-state index is 1.32. The van der Waals surface area contributed by atoms with E-state index in [1.807, 2.05) is 0 Å². The van der Waals surface area contributed by atoms with Crippen LogP contribution in [0.15, 0.2) is 78.9 Å². The highest BCUT2D eigenvalue weighted by atomic mass is 14.1. The quantitative estimate of drug-likeness (QED) is 0.292. The predicted octanol–water partition coefficient (Wildman–Crippen LogP) is 8.28. The van der Waals surface area contributed by atoms with Gasteiger partial charge in [0.1, 0.15) is 0 Å². The molecule has 4 rings (SSSR count). The Morgan fingerprint density at radius 2 is 1.34 bits per heavy atom.